The van der Waals surface area contributed by atoms with E-state index in [2.05, 4.69) is 4.74 Å². The molecule has 2 rings (SSSR count). The van der Waals surface area contributed by atoms with Crippen LogP contribution in [0.1, 0.15) is 54.4 Å². The van der Waals surface area contributed by atoms with E-state index in [9.17, 15) is 14.4 Å². The lowest BCUT2D eigenvalue weighted by molar-refractivity contribution is -0.156. The summed E-state index contributed by atoms with van der Waals surface area (Å²) >= 11 is 0. The van der Waals surface area contributed by atoms with E-state index < -0.39 is 30.8 Å². The summed E-state index contributed by atoms with van der Waals surface area (Å²) in [7, 11) is 0. The van der Waals surface area contributed by atoms with Crippen molar-refractivity contribution in [3.05, 3.63) is 0 Å². The molecule has 0 spiro atoms. The number of carboxylic acid groups (broad SMARTS) is 1. The van der Waals surface area contributed by atoms with Crippen molar-refractivity contribution in [1.29, 1.82) is 0 Å². The highest BCUT2D eigenvalue weighted by atomic mass is 16.8. The first kappa shape index (κ1) is 22.2. The highest BCUT2D eigenvalue weighted by molar-refractivity contribution is 5.80. The maximum Gasteiger partial charge on any atom is 0.511 e. The molecule has 0 radical (unpaired) electrons. The predicted octanol–water partition coefficient (Wildman–Crippen LogP) is 3.46. The van der Waals surface area contributed by atoms with E-state index in [0.717, 1.165) is 6.42 Å². The Morgan fingerprint density at radius 2 is 1.62 bits per heavy atom. The van der Waals surface area contributed by atoms with Crippen LogP contribution in [0.25, 0.3) is 0 Å². The van der Waals surface area contributed by atoms with Crippen LogP contribution in [-0.4, -0.2) is 36.1 Å². The van der Waals surface area contributed by atoms with E-state index in [1.807, 2.05) is 27.7 Å². The lowest BCUT2D eigenvalue weighted by atomic mass is 10.0. The number of fused-ring (bicyclic) bond motifs is 1. The zero-order valence-electron chi connectivity index (χ0n) is 15.4. The van der Waals surface area contributed by atoms with E-state index in [1.165, 1.54) is 0 Å². The van der Waals surface area contributed by atoms with Gasteiger partial charge in [0.05, 0.1) is 17.9 Å². The average molecular weight is 346 g/mol. The van der Waals surface area contributed by atoms with Gasteiger partial charge in [-0.3, -0.25) is 9.59 Å². The Hall–Kier alpha value is -1.79. The number of carboxylic acids is 1. The molecule has 140 valence electrons. The molecule has 7 nitrogen and oxygen atoms in total. The van der Waals surface area contributed by atoms with Gasteiger partial charge in [0, 0.05) is 0 Å². The number of carbonyl (C=O) groups excluding carboxylic acids is 2. The van der Waals surface area contributed by atoms with Crippen LogP contribution in [0.3, 0.4) is 0 Å². The molecule has 2 aliphatic carbocycles. The number of carbonyl (C=O) groups is 3. The minimum atomic E-state index is -0.896. The Morgan fingerprint density at radius 3 is 2.12 bits per heavy atom. The fourth-order valence-electron chi connectivity index (χ4n) is 2.96. The molecule has 4 atom stereocenters. The summed E-state index contributed by atoms with van der Waals surface area (Å²) in [6.07, 6.45) is 0.146. The fourth-order valence-corrected chi connectivity index (χ4v) is 2.96. The van der Waals surface area contributed by atoms with Crippen molar-refractivity contribution < 1.29 is 33.7 Å². The van der Waals surface area contributed by atoms with Crippen LogP contribution in [-0.2, 0) is 23.8 Å². The van der Waals surface area contributed by atoms with Crippen LogP contribution in [0.2, 0.25) is 0 Å². The van der Waals surface area contributed by atoms with E-state index in [0.29, 0.717) is 6.42 Å². The third-order valence-corrected chi connectivity index (χ3v) is 3.80. The van der Waals surface area contributed by atoms with Gasteiger partial charge in [-0.1, -0.05) is 27.7 Å². The van der Waals surface area contributed by atoms with Gasteiger partial charge in [-0.25, -0.2) is 4.79 Å². The summed E-state index contributed by atoms with van der Waals surface area (Å²) in [5.41, 5.74) is 0. The Morgan fingerprint density at radius 1 is 1.04 bits per heavy atom. The van der Waals surface area contributed by atoms with Crippen molar-refractivity contribution >= 4 is 18.1 Å². The molecular formula is C17H30O7. The van der Waals surface area contributed by atoms with Gasteiger partial charge >= 0.3 is 18.1 Å². The predicted molar refractivity (Wildman–Crippen MR) is 87.2 cm³/mol. The van der Waals surface area contributed by atoms with Crippen molar-refractivity contribution in [2.24, 2.45) is 23.7 Å². The van der Waals surface area contributed by atoms with Crippen LogP contribution in [0.4, 0.5) is 4.79 Å². The number of hydrogen-bond acceptors (Lipinski definition) is 6. The molecule has 0 saturated heterocycles. The molecule has 2 fully saturated rings. The number of esters is 1. The molecule has 7 heteroatoms. The van der Waals surface area contributed by atoms with Gasteiger partial charge in [-0.2, -0.15) is 0 Å². The number of ether oxygens (including phenoxy) is 3. The molecule has 2 saturated carbocycles. The van der Waals surface area contributed by atoms with Crippen LogP contribution in [0.5, 0.6) is 0 Å². The van der Waals surface area contributed by atoms with Gasteiger partial charge in [0.25, 0.3) is 0 Å². The highest BCUT2D eigenvalue weighted by Gasteiger charge is 2.64. The minimum Gasteiger partial charge on any atom is -0.481 e. The monoisotopic (exact) mass is 346 g/mol. The quantitative estimate of drug-likeness (QED) is 0.601. The molecule has 2 aliphatic rings. The summed E-state index contributed by atoms with van der Waals surface area (Å²) in [5, 5.41) is 9.00. The molecule has 0 aromatic carbocycles. The van der Waals surface area contributed by atoms with Gasteiger partial charge in [0.1, 0.15) is 0 Å². The van der Waals surface area contributed by atoms with E-state index in [4.69, 9.17) is 14.6 Å². The normalized spacial score (nSPS) is 26.0. The van der Waals surface area contributed by atoms with Crippen LogP contribution in [0, 0.1) is 23.7 Å². The second-order valence-electron chi connectivity index (χ2n) is 5.43. The molecule has 0 aliphatic heterocycles. The van der Waals surface area contributed by atoms with Gasteiger partial charge < -0.3 is 19.3 Å². The van der Waals surface area contributed by atoms with Crippen LogP contribution in [0.15, 0.2) is 0 Å². The lowest BCUT2D eigenvalue weighted by Gasteiger charge is -2.11. The maximum atomic E-state index is 11.7. The SMILES string of the molecule is CC.CC.CC(C)OC(=O)OCOC(=O)C1C2CCC(C(=O)O)C21. The van der Waals surface area contributed by atoms with Gasteiger partial charge in [-0.05, 0) is 38.5 Å². The molecule has 0 amide bonds. The maximum absolute atomic E-state index is 11.7. The standard InChI is InChI=1S/C13H18O7.2C2H6/c1-6(2)20-13(17)19-5-18-12(16)10-7-3-4-8(9(7)10)11(14)15;2*1-2/h6-10H,3-5H2,1-2H3,(H,14,15);2*1-2H3. The van der Waals surface area contributed by atoms with Crippen LogP contribution < -0.4 is 0 Å². The van der Waals surface area contributed by atoms with E-state index >= 15 is 0 Å². The molecule has 4 unspecified atom stereocenters. The molecule has 0 heterocycles. The Labute approximate surface area is 143 Å². The van der Waals surface area contributed by atoms with Gasteiger partial charge in [0.2, 0.25) is 6.79 Å². The second kappa shape index (κ2) is 10.9. The number of aliphatic carboxylic acids is 1. The van der Waals surface area contributed by atoms with Crippen molar-refractivity contribution in [3.63, 3.8) is 0 Å². The smallest absolute Gasteiger partial charge is 0.481 e. The summed E-state index contributed by atoms with van der Waals surface area (Å²) in [4.78, 5) is 33.8. The topological polar surface area (TPSA) is 99.1 Å². The third kappa shape index (κ3) is 6.02. The molecule has 0 aromatic heterocycles. The molecule has 0 bridgehead atoms. The van der Waals surface area contributed by atoms with Crippen LogP contribution >= 0.6 is 0 Å². The summed E-state index contributed by atoms with van der Waals surface area (Å²) in [5.74, 6) is -2.19. The largest absolute Gasteiger partial charge is 0.511 e. The summed E-state index contributed by atoms with van der Waals surface area (Å²) < 4.78 is 14.1. The summed E-state index contributed by atoms with van der Waals surface area (Å²) in [6, 6.07) is 0. The third-order valence-electron chi connectivity index (χ3n) is 3.80. The highest BCUT2D eigenvalue weighted by Crippen LogP contribution is 2.60. The first-order valence-electron chi connectivity index (χ1n) is 8.64. The molecule has 0 aromatic rings. The van der Waals surface area contributed by atoms with Crippen molar-refractivity contribution in [2.75, 3.05) is 6.79 Å². The second-order valence-corrected chi connectivity index (χ2v) is 5.43. The molecule has 24 heavy (non-hydrogen) atoms. The fraction of sp³-hybridized carbons (Fsp3) is 0.824. The first-order chi connectivity index (χ1) is 11.4. The Kier molecular flexibility index (Phi) is 10.1. The van der Waals surface area contributed by atoms with E-state index in [1.54, 1.807) is 13.8 Å². The van der Waals surface area contributed by atoms with Crippen molar-refractivity contribution in [1.82, 2.24) is 0 Å². The Bertz CT molecular complexity index is 419. The lowest BCUT2D eigenvalue weighted by Crippen LogP contribution is -2.21. The minimum absolute atomic E-state index is 0.103. The number of hydrogen-bond donors (Lipinski definition) is 1. The van der Waals surface area contributed by atoms with Crippen molar-refractivity contribution in [2.45, 2.75) is 60.5 Å². The van der Waals surface area contributed by atoms with Gasteiger partial charge in [0.15, 0.2) is 0 Å². The molecule has 1 N–H and O–H groups in total. The Balaban J connectivity index is 0.00000123. The first-order valence-corrected chi connectivity index (χ1v) is 8.64. The van der Waals surface area contributed by atoms with Gasteiger partial charge in [-0.15, -0.1) is 0 Å². The zero-order valence-corrected chi connectivity index (χ0v) is 15.4. The zero-order chi connectivity index (χ0) is 18.9. The molecular weight excluding hydrogens is 316 g/mol. The number of rotatable bonds is 5. The summed E-state index contributed by atoms with van der Waals surface area (Å²) in [6.45, 7) is 10.8. The van der Waals surface area contributed by atoms with E-state index in [-0.39, 0.29) is 23.9 Å². The van der Waals surface area contributed by atoms with Crippen molar-refractivity contribution in [3.8, 4) is 0 Å². The average Bonchev–Trinajstić information content (AvgIpc) is 3.09.